The minimum Gasteiger partial charge on any atom is -0.320 e. The van der Waals surface area contributed by atoms with Crippen molar-refractivity contribution >= 4 is 23.3 Å². The first kappa shape index (κ1) is 8.51. The zero-order chi connectivity index (χ0) is 9.59. The molecule has 1 aromatic heterocycles. The molecule has 0 bridgehead atoms. The number of fused-ring (bicyclic) bond motifs is 1. The van der Waals surface area contributed by atoms with E-state index < -0.39 is 0 Å². The Morgan fingerprint density at radius 1 is 1.15 bits per heavy atom. The molecule has 0 N–H and O–H groups in total. The van der Waals surface area contributed by atoms with Crippen molar-refractivity contribution in [3.63, 3.8) is 0 Å². The second-order valence-electron chi connectivity index (χ2n) is 3.34. The number of hydrogen-bond donors (Lipinski definition) is 0. The van der Waals surface area contributed by atoms with Crippen molar-refractivity contribution in [2.45, 2.75) is 6.92 Å². The van der Waals surface area contributed by atoms with Gasteiger partial charge < -0.3 is 9.13 Å². The van der Waals surface area contributed by atoms with E-state index in [0.717, 1.165) is 4.77 Å². The molecule has 0 fully saturated rings. The van der Waals surface area contributed by atoms with Gasteiger partial charge in [-0.25, -0.2) is 0 Å². The molecular formula is C10H12N2S. The quantitative estimate of drug-likeness (QED) is 0.583. The topological polar surface area (TPSA) is 9.86 Å². The first-order valence-electron chi connectivity index (χ1n) is 4.24. The molecule has 2 aromatic rings. The third-order valence-electron chi connectivity index (χ3n) is 2.49. The van der Waals surface area contributed by atoms with Gasteiger partial charge in [0.1, 0.15) is 0 Å². The third kappa shape index (κ3) is 1.04. The Kier molecular flexibility index (Phi) is 1.77. The average Bonchev–Trinajstić information content (AvgIpc) is 2.33. The van der Waals surface area contributed by atoms with Crippen LogP contribution in [0.5, 0.6) is 0 Å². The van der Waals surface area contributed by atoms with E-state index in [1.165, 1.54) is 16.6 Å². The van der Waals surface area contributed by atoms with E-state index in [2.05, 4.69) is 29.7 Å². The number of imidazole rings is 1. The lowest BCUT2D eigenvalue weighted by Crippen LogP contribution is -1.90. The van der Waals surface area contributed by atoms with Crippen molar-refractivity contribution in [3.05, 3.63) is 28.5 Å². The highest BCUT2D eigenvalue weighted by Gasteiger charge is 2.05. The van der Waals surface area contributed by atoms with Gasteiger partial charge in [0.15, 0.2) is 4.77 Å². The van der Waals surface area contributed by atoms with Crippen LogP contribution in [0.25, 0.3) is 11.0 Å². The van der Waals surface area contributed by atoms with E-state index in [-0.39, 0.29) is 0 Å². The van der Waals surface area contributed by atoms with Gasteiger partial charge in [0.2, 0.25) is 0 Å². The molecule has 1 aromatic carbocycles. The second kappa shape index (κ2) is 2.70. The molecule has 0 aliphatic carbocycles. The number of para-hydroxylation sites is 1. The van der Waals surface area contributed by atoms with Crippen LogP contribution in [0, 0.1) is 11.7 Å². The summed E-state index contributed by atoms with van der Waals surface area (Å²) in [7, 11) is 4.02. The van der Waals surface area contributed by atoms with Crippen LogP contribution in [-0.2, 0) is 14.1 Å². The molecule has 0 radical (unpaired) electrons. The Balaban J connectivity index is 3.12. The average molecular weight is 192 g/mol. The Morgan fingerprint density at radius 3 is 2.46 bits per heavy atom. The highest BCUT2D eigenvalue weighted by Crippen LogP contribution is 2.18. The first-order chi connectivity index (χ1) is 6.13. The third-order valence-corrected chi connectivity index (χ3v) is 3.03. The number of benzene rings is 1. The molecule has 0 amide bonds. The van der Waals surface area contributed by atoms with Gasteiger partial charge >= 0.3 is 0 Å². The number of hydrogen-bond acceptors (Lipinski definition) is 1. The van der Waals surface area contributed by atoms with Gasteiger partial charge in [0, 0.05) is 14.1 Å². The summed E-state index contributed by atoms with van der Waals surface area (Å²) in [6, 6.07) is 6.27. The molecule has 0 aliphatic heterocycles. The number of aromatic nitrogens is 2. The van der Waals surface area contributed by atoms with Gasteiger partial charge in [0.05, 0.1) is 11.0 Å². The van der Waals surface area contributed by atoms with Crippen LogP contribution in [0.15, 0.2) is 18.2 Å². The van der Waals surface area contributed by atoms with Crippen LogP contribution in [0.3, 0.4) is 0 Å². The lowest BCUT2D eigenvalue weighted by atomic mass is 10.2. The van der Waals surface area contributed by atoms with E-state index >= 15 is 0 Å². The van der Waals surface area contributed by atoms with Crippen molar-refractivity contribution in [1.82, 2.24) is 9.13 Å². The summed E-state index contributed by atoms with van der Waals surface area (Å²) < 4.78 is 4.96. The predicted molar refractivity (Wildman–Crippen MR) is 57.5 cm³/mol. The first-order valence-corrected chi connectivity index (χ1v) is 4.65. The van der Waals surface area contributed by atoms with Gasteiger partial charge in [-0.1, -0.05) is 12.1 Å². The molecule has 13 heavy (non-hydrogen) atoms. The van der Waals surface area contributed by atoms with Crippen LogP contribution in [0.2, 0.25) is 0 Å². The summed E-state index contributed by atoms with van der Waals surface area (Å²) >= 11 is 5.28. The summed E-state index contributed by atoms with van der Waals surface area (Å²) in [5.41, 5.74) is 3.70. The maximum absolute atomic E-state index is 5.28. The van der Waals surface area contributed by atoms with Crippen molar-refractivity contribution < 1.29 is 0 Å². The standard InChI is InChI=1S/C10H12N2S/c1-7-5-4-6-8-9(7)12(3)10(13)11(8)2/h4-6H,1-3H3. The zero-order valence-electron chi connectivity index (χ0n) is 8.03. The molecule has 0 atom stereocenters. The predicted octanol–water partition coefficient (Wildman–Crippen LogP) is 2.55. The van der Waals surface area contributed by atoms with Crippen LogP contribution in [-0.4, -0.2) is 9.13 Å². The Labute approximate surface area is 82.4 Å². The number of rotatable bonds is 0. The molecule has 2 rings (SSSR count). The van der Waals surface area contributed by atoms with Gasteiger partial charge in [0.25, 0.3) is 0 Å². The highest BCUT2D eigenvalue weighted by molar-refractivity contribution is 7.71. The molecule has 0 saturated carbocycles. The molecule has 3 heteroatoms. The van der Waals surface area contributed by atoms with Crippen molar-refractivity contribution in [3.8, 4) is 0 Å². The van der Waals surface area contributed by atoms with Gasteiger partial charge in [-0.05, 0) is 30.8 Å². The lowest BCUT2D eigenvalue weighted by molar-refractivity contribution is 0.833. The molecule has 0 saturated heterocycles. The summed E-state index contributed by atoms with van der Waals surface area (Å²) in [5.74, 6) is 0. The van der Waals surface area contributed by atoms with E-state index in [4.69, 9.17) is 12.2 Å². The van der Waals surface area contributed by atoms with Crippen molar-refractivity contribution in [2.24, 2.45) is 14.1 Å². The van der Waals surface area contributed by atoms with Gasteiger partial charge in [-0.3, -0.25) is 0 Å². The van der Waals surface area contributed by atoms with Crippen molar-refractivity contribution in [1.29, 1.82) is 0 Å². The monoisotopic (exact) mass is 192 g/mol. The Bertz CT molecular complexity index is 519. The van der Waals surface area contributed by atoms with Crippen molar-refractivity contribution in [2.75, 3.05) is 0 Å². The maximum Gasteiger partial charge on any atom is 0.180 e. The maximum atomic E-state index is 5.28. The normalized spacial score (nSPS) is 11.0. The minimum atomic E-state index is 0.865. The molecule has 1 heterocycles. The van der Waals surface area contributed by atoms with Crippen LogP contribution in [0.4, 0.5) is 0 Å². The molecule has 2 nitrogen and oxygen atoms in total. The SMILES string of the molecule is Cc1cccc2c1n(C)c(=S)n2C. The zero-order valence-corrected chi connectivity index (χ0v) is 8.85. The second-order valence-corrected chi connectivity index (χ2v) is 3.71. The molecule has 0 aliphatic rings. The van der Waals surface area contributed by atoms with Crippen LogP contribution < -0.4 is 0 Å². The number of nitrogens with zero attached hydrogens (tertiary/aromatic N) is 2. The van der Waals surface area contributed by atoms with Gasteiger partial charge in [-0.15, -0.1) is 0 Å². The smallest absolute Gasteiger partial charge is 0.180 e. The fourth-order valence-corrected chi connectivity index (χ4v) is 1.96. The fourth-order valence-electron chi connectivity index (χ4n) is 1.77. The number of aryl methyl sites for hydroxylation is 3. The van der Waals surface area contributed by atoms with E-state index in [9.17, 15) is 0 Å². The fraction of sp³-hybridized carbons (Fsp3) is 0.300. The Hall–Kier alpha value is -1.09. The van der Waals surface area contributed by atoms with Crippen LogP contribution >= 0.6 is 12.2 Å². The summed E-state index contributed by atoms with van der Waals surface area (Å²) in [6.45, 7) is 2.11. The van der Waals surface area contributed by atoms with E-state index in [1.807, 2.05) is 18.7 Å². The van der Waals surface area contributed by atoms with E-state index in [0.29, 0.717) is 0 Å². The molecule has 0 unspecified atom stereocenters. The summed E-state index contributed by atoms with van der Waals surface area (Å²) in [4.78, 5) is 0. The Morgan fingerprint density at radius 2 is 1.85 bits per heavy atom. The summed E-state index contributed by atoms with van der Waals surface area (Å²) in [5, 5.41) is 0. The van der Waals surface area contributed by atoms with Crippen LogP contribution in [0.1, 0.15) is 5.56 Å². The van der Waals surface area contributed by atoms with Gasteiger partial charge in [-0.2, -0.15) is 0 Å². The summed E-state index contributed by atoms with van der Waals surface area (Å²) in [6.07, 6.45) is 0. The molecule has 0 spiro atoms. The molecule has 68 valence electrons. The highest BCUT2D eigenvalue weighted by atomic mass is 32.1. The minimum absolute atomic E-state index is 0.865. The van der Waals surface area contributed by atoms with E-state index in [1.54, 1.807) is 0 Å². The largest absolute Gasteiger partial charge is 0.320 e. The lowest BCUT2D eigenvalue weighted by Gasteiger charge is -1.98. The molecular weight excluding hydrogens is 180 g/mol.